The van der Waals surface area contributed by atoms with Crippen molar-refractivity contribution in [1.82, 2.24) is 14.7 Å². The Bertz CT molecular complexity index is 1080. The van der Waals surface area contributed by atoms with E-state index >= 15 is 4.79 Å². The highest BCUT2D eigenvalue weighted by Gasteiger charge is 2.80. The molecule has 3 aliphatic heterocycles. The summed E-state index contributed by atoms with van der Waals surface area (Å²) < 4.78 is 7.02. The van der Waals surface area contributed by atoms with Gasteiger partial charge in [-0.15, -0.1) is 13.2 Å². The quantitative estimate of drug-likeness (QED) is 0.281. The first kappa shape index (κ1) is 35.3. The van der Waals surface area contributed by atoms with Gasteiger partial charge in [-0.25, -0.2) is 0 Å². The molecule has 3 heterocycles. The predicted octanol–water partition coefficient (Wildman–Crippen LogP) is 5.06. The molecule has 244 valence electrons. The first-order chi connectivity index (χ1) is 19.9. The van der Waals surface area contributed by atoms with Gasteiger partial charge in [-0.05, 0) is 57.3 Å². The zero-order valence-electron chi connectivity index (χ0n) is 28.6. The van der Waals surface area contributed by atoms with Gasteiger partial charge in [0.15, 0.2) is 0 Å². The molecule has 0 aromatic carbocycles. The third kappa shape index (κ3) is 5.95. The van der Waals surface area contributed by atoms with E-state index in [4.69, 9.17) is 4.74 Å². The molecule has 8 nitrogen and oxygen atoms in total. The van der Waals surface area contributed by atoms with Crippen LogP contribution in [0.25, 0.3) is 0 Å². The minimum absolute atomic E-state index is 0.0560. The van der Waals surface area contributed by atoms with Crippen LogP contribution in [0.5, 0.6) is 0 Å². The summed E-state index contributed by atoms with van der Waals surface area (Å²) in [5.74, 6) is -2.24. The van der Waals surface area contributed by atoms with E-state index in [9.17, 15) is 14.7 Å². The van der Waals surface area contributed by atoms with Crippen molar-refractivity contribution in [3.63, 3.8) is 0 Å². The summed E-state index contributed by atoms with van der Waals surface area (Å²) >= 11 is 0. The van der Waals surface area contributed by atoms with Crippen LogP contribution in [0.2, 0.25) is 0 Å². The van der Waals surface area contributed by atoms with E-state index in [0.29, 0.717) is 26.1 Å². The molecular weight excluding hydrogens is 542 g/mol. The van der Waals surface area contributed by atoms with E-state index in [2.05, 4.69) is 54.7 Å². The molecule has 3 unspecified atom stereocenters. The number of nitrogens with zero attached hydrogens (tertiary/aromatic N) is 3. The first-order valence-corrected chi connectivity index (χ1v) is 16.4. The van der Waals surface area contributed by atoms with Gasteiger partial charge in [0.25, 0.3) is 0 Å². The fourth-order valence-electron chi connectivity index (χ4n) is 8.72. The van der Waals surface area contributed by atoms with Gasteiger partial charge in [0.2, 0.25) is 17.7 Å². The molecule has 3 rings (SSSR count). The zero-order chi connectivity index (χ0) is 32.7. The minimum Gasteiger partial charge on any atom is -0.394 e. The molecule has 0 aromatic rings. The topological polar surface area (TPSA) is 90.4 Å². The fourth-order valence-corrected chi connectivity index (χ4v) is 8.72. The highest BCUT2D eigenvalue weighted by molar-refractivity contribution is 5.99. The Labute approximate surface area is 260 Å². The molecular formula is C35H59N3O5. The molecule has 8 heteroatoms. The van der Waals surface area contributed by atoms with Gasteiger partial charge >= 0.3 is 0 Å². The second-order valence-electron chi connectivity index (χ2n) is 15.4. The monoisotopic (exact) mass is 601 g/mol. The van der Waals surface area contributed by atoms with Gasteiger partial charge in [-0.3, -0.25) is 14.4 Å². The molecule has 3 fully saturated rings. The Morgan fingerprint density at radius 1 is 1.14 bits per heavy atom. The number of amides is 3. The lowest BCUT2D eigenvalue weighted by Gasteiger charge is -2.47. The van der Waals surface area contributed by atoms with E-state index in [1.54, 1.807) is 22.0 Å². The van der Waals surface area contributed by atoms with Gasteiger partial charge in [0, 0.05) is 25.2 Å². The predicted molar refractivity (Wildman–Crippen MR) is 171 cm³/mol. The molecule has 1 N–H and O–H groups in total. The van der Waals surface area contributed by atoms with Crippen molar-refractivity contribution in [3.05, 3.63) is 25.3 Å². The van der Waals surface area contributed by atoms with E-state index < -0.39 is 40.7 Å². The third-order valence-electron chi connectivity index (χ3n) is 10.5. The van der Waals surface area contributed by atoms with Crippen LogP contribution < -0.4 is 0 Å². The third-order valence-corrected chi connectivity index (χ3v) is 10.5. The molecule has 0 radical (unpaired) electrons. The summed E-state index contributed by atoms with van der Waals surface area (Å²) in [6.45, 7) is 29.5. The Morgan fingerprint density at radius 2 is 1.74 bits per heavy atom. The number of carbonyl (C=O) groups is 3. The van der Waals surface area contributed by atoms with Crippen molar-refractivity contribution in [2.75, 3.05) is 26.2 Å². The molecule has 0 aliphatic carbocycles. The van der Waals surface area contributed by atoms with Crippen LogP contribution in [0, 0.1) is 29.1 Å². The number of ether oxygens (including phenoxy) is 1. The van der Waals surface area contributed by atoms with Gasteiger partial charge in [-0.1, -0.05) is 67.0 Å². The number of aliphatic hydroxyl groups is 1. The molecule has 0 saturated carbocycles. The summed E-state index contributed by atoms with van der Waals surface area (Å²) in [6, 6.07) is -1.54. The lowest BCUT2D eigenvalue weighted by Crippen LogP contribution is -2.63. The van der Waals surface area contributed by atoms with Crippen molar-refractivity contribution < 1.29 is 24.2 Å². The maximum Gasteiger partial charge on any atom is 0.249 e. The average molecular weight is 602 g/mol. The lowest BCUT2D eigenvalue weighted by atomic mass is 9.62. The highest BCUT2D eigenvalue weighted by atomic mass is 16.5. The van der Waals surface area contributed by atoms with Crippen LogP contribution in [-0.4, -0.2) is 92.6 Å². The van der Waals surface area contributed by atoms with Gasteiger partial charge < -0.3 is 24.5 Å². The number of hydrogen-bond donors (Lipinski definition) is 1. The highest BCUT2D eigenvalue weighted by Crippen LogP contribution is 2.66. The SMILES string of the molecule is C=CCN(CCC)C(=O)[C@H]1[C@H]2C(=O)N([C@@H](CO)[C@@H](C)CC)C(C(=O)N(CC=C)C(C)(C)CC(C)(C)C)C23CC(C)[C@]1(C)O3. The van der Waals surface area contributed by atoms with Crippen molar-refractivity contribution in [1.29, 1.82) is 0 Å². The van der Waals surface area contributed by atoms with Crippen LogP contribution in [0.15, 0.2) is 25.3 Å². The second-order valence-corrected chi connectivity index (χ2v) is 15.4. The van der Waals surface area contributed by atoms with Crippen molar-refractivity contribution in [2.45, 2.75) is 124 Å². The maximum atomic E-state index is 15.1. The number of rotatable bonds is 14. The summed E-state index contributed by atoms with van der Waals surface area (Å²) in [4.78, 5) is 49.6. The smallest absolute Gasteiger partial charge is 0.249 e. The molecule has 1 spiro atoms. The average Bonchev–Trinajstić information content (AvgIpc) is 3.42. The van der Waals surface area contributed by atoms with Crippen molar-refractivity contribution in [3.8, 4) is 0 Å². The minimum atomic E-state index is -1.17. The van der Waals surface area contributed by atoms with Crippen LogP contribution in [0.1, 0.15) is 94.9 Å². The van der Waals surface area contributed by atoms with E-state index in [0.717, 1.165) is 19.3 Å². The standard InChI is InChI=1S/C35H59N3O5/c1-13-17-36(18-14-2)29(40)26-27-30(41)38(25(21-39)23(5)16-4)28(35(27)20-24(6)34(26,12)43-35)31(42)37(19-15-3)33(10,11)22-32(7,8)9/h13,15,23-28,39H,1,3,14,16-22H2,2,4-12H3/t23-,24?,25-,26+,27-,28?,34-,35?/m0/s1. The van der Waals surface area contributed by atoms with Gasteiger partial charge in [0.05, 0.1) is 30.1 Å². The van der Waals surface area contributed by atoms with E-state index in [1.807, 2.05) is 32.6 Å². The first-order valence-electron chi connectivity index (χ1n) is 16.4. The molecule has 3 saturated heterocycles. The Hall–Kier alpha value is -2.19. The largest absolute Gasteiger partial charge is 0.394 e. The Balaban J connectivity index is 2.26. The summed E-state index contributed by atoms with van der Waals surface area (Å²) in [7, 11) is 0. The van der Waals surface area contributed by atoms with Crippen molar-refractivity contribution >= 4 is 17.7 Å². The van der Waals surface area contributed by atoms with Crippen LogP contribution in [0.3, 0.4) is 0 Å². The lowest BCUT2D eigenvalue weighted by molar-refractivity contribution is -0.162. The molecule has 8 atom stereocenters. The maximum absolute atomic E-state index is 15.1. The van der Waals surface area contributed by atoms with Gasteiger partial charge in [0.1, 0.15) is 11.6 Å². The van der Waals surface area contributed by atoms with E-state index in [-0.39, 0.29) is 41.6 Å². The molecule has 43 heavy (non-hydrogen) atoms. The van der Waals surface area contributed by atoms with Crippen LogP contribution >= 0.6 is 0 Å². The van der Waals surface area contributed by atoms with Crippen LogP contribution in [0.4, 0.5) is 0 Å². The normalized spacial score (nSPS) is 31.5. The number of likely N-dealkylation sites (tertiary alicyclic amines) is 1. The molecule has 3 aliphatic rings. The number of fused-ring (bicyclic) bond motifs is 1. The Morgan fingerprint density at radius 3 is 2.23 bits per heavy atom. The summed E-state index contributed by atoms with van der Waals surface area (Å²) in [5, 5.41) is 10.7. The summed E-state index contributed by atoms with van der Waals surface area (Å²) in [6.07, 6.45) is 6.17. The number of aliphatic hydroxyl groups excluding tert-OH is 1. The number of carbonyl (C=O) groups excluding carboxylic acids is 3. The summed E-state index contributed by atoms with van der Waals surface area (Å²) in [5.41, 5.74) is -2.69. The van der Waals surface area contributed by atoms with E-state index in [1.165, 1.54) is 0 Å². The molecule has 2 bridgehead atoms. The molecule has 3 amide bonds. The van der Waals surface area contributed by atoms with Gasteiger partial charge in [-0.2, -0.15) is 0 Å². The number of hydrogen-bond acceptors (Lipinski definition) is 5. The Kier molecular flexibility index (Phi) is 10.4. The second kappa shape index (κ2) is 12.7. The fraction of sp³-hybridized carbons (Fsp3) is 0.800. The zero-order valence-corrected chi connectivity index (χ0v) is 28.6. The van der Waals surface area contributed by atoms with Crippen molar-refractivity contribution in [2.24, 2.45) is 29.1 Å². The molecule has 0 aromatic heterocycles. The van der Waals surface area contributed by atoms with Crippen LogP contribution in [-0.2, 0) is 19.1 Å².